The molecule has 0 aliphatic rings. The van der Waals surface area contributed by atoms with E-state index in [-0.39, 0.29) is 33.8 Å². The molecule has 1 aromatic carbocycles. The molecule has 2 aromatic heterocycles. The first-order chi connectivity index (χ1) is 14.5. The zero-order chi connectivity index (χ0) is 22.9. The number of thiophene rings is 1. The smallest absolute Gasteiger partial charge is 0.449 e. The van der Waals surface area contributed by atoms with E-state index >= 15 is 0 Å². The van der Waals surface area contributed by atoms with Crippen LogP contribution in [0.15, 0.2) is 33.9 Å². The van der Waals surface area contributed by atoms with Crippen molar-refractivity contribution in [2.24, 2.45) is 0 Å². The molecule has 3 aromatic rings. The van der Waals surface area contributed by atoms with Crippen molar-refractivity contribution < 1.29 is 27.8 Å². The molecular formula is C19H16ClF3N2O5S. The summed E-state index contributed by atoms with van der Waals surface area (Å²) in [6.45, 7) is 0.570. The number of fused-ring (bicyclic) bond motifs is 1. The number of carboxylic acid groups (broad SMARTS) is 1. The number of nitrogens with zero attached hydrogens (tertiary/aromatic N) is 2. The highest BCUT2D eigenvalue weighted by atomic mass is 35.5. The summed E-state index contributed by atoms with van der Waals surface area (Å²) in [5, 5.41) is 9.08. The second-order valence-electron chi connectivity index (χ2n) is 6.66. The maximum absolute atomic E-state index is 13.0. The zero-order valence-electron chi connectivity index (χ0n) is 16.0. The summed E-state index contributed by atoms with van der Waals surface area (Å²) >= 11 is 6.75. The van der Waals surface area contributed by atoms with Crippen LogP contribution in [-0.4, -0.2) is 26.6 Å². The molecular weight excluding hydrogens is 461 g/mol. The number of carbonyl (C=O) groups is 1. The van der Waals surface area contributed by atoms with Crippen molar-refractivity contribution in [1.82, 2.24) is 9.13 Å². The van der Waals surface area contributed by atoms with Crippen LogP contribution in [0.5, 0.6) is 5.06 Å². The molecule has 0 radical (unpaired) electrons. The van der Waals surface area contributed by atoms with Gasteiger partial charge in [-0.1, -0.05) is 41.1 Å². The van der Waals surface area contributed by atoms with Gasteiger partial charge in [0, 0.05) is 23.7 Å². The van der Waals surface area contributed by atoms with Crippen LogP contribution in [0.3, 0.4) is 0 Å². The van der Waals surface area contributed by atoms with Crippen LogP contribution in [0.25, 0.3) is 10.2 Å². The average molecular weight is 477 g/mol. The molecule has 0 aliphatic carbocycles. The Labute approximate surface area is 181 Å². The van der Waals surface area contributed by atoms with Crippen molar-refractivity contribution in [1.29, 1.82) is 0 Å². The molecule has 31 heavy (non-hydrogen) atoms. The van der Waals surface area contributed by atoms with E-state index in [0.717, 1.165) is 9.13 Å². The van der Waals surface area contributed by atoms with Gasteiger partial charge in [0.1, 0.15) is 4.83 Å². The third-order valence-electron chi connectivity index (χ3n) is 4.61. The fourth-order valence-corrected chi connectivity index (χ4v) is 4.51. The van der Waals surface area contributed by atoms with Gasteiger partial charge >= 0.3 is 18.0 Å². The lowest BCUT2D eigenvalue weighted by Gasteiger charge is -2.13. The molecule has 0 saturated heterocycles. The largest absolute Gasteiger partial charge is 0.512 e. The van der Waals surface area contributed by atoms with E-state index < -0.39 is 36.5 Å². The van der Waals surface area contributed by atoms with Crippen molar-refractivity contribution in [3.63, 3.8) is 0 Å². The summed E-state index contributed by atoms with van der Waals surface area (Å²) in [6, 6.07) is 6.80. The maximum atomic E-state index is 13.0. The summed E-state index contributed by atoms with van der Waals surface area (Å²) in [5.74, 6) is 0. The lowest BCUT2D eigenvalue weighted by Crippen LogP contribution is -2.40. The van der Waals surface area contributed by atoms with Crippen LogP contribution in [-0.2, 0) is 19.5 Å². The second-order valence-corrected chi connectivity index (χ2v) is 8.03. The van der Waals surface area contributed by atoms with Gasteiger partial charge in [-0.05, 0) is 25.0 Å². The SMILES string of the molecule is Cc1c(OC(=O)O)sc2c1c(=O)n(CCc1ccccc1Cl)c(=O)n2CCC(F)(F)F. The van der Waals surface area contributed by atoms with E-state index in [0.29, 0.717) is 21.9 Å². The first kappa shape index (κ1) is 22.9. The Balaban J connectivity index is 2.16. The minimum absolute atomic E-state index is 0.0535. The highest BCUT2D eigenvalue weighted by Gasteiger charge is 2.29. The van der Waals surface area contributed by atoms with E-state index in [1.165, 1.54) is 6.92 Å². The van der Waals surface area contributed by atoms with Crippen LogP contribution in [0.4, 0.5) is 18.0 Å². The van der Waals surface area contributed by atoms with Crippen LogP contribution in [0, 0.1) is 6.92 Å². The van der Waals surface area contributed by atoms with E-state index in [9.17, 15) is 27.6 Å². The minimum atomic E-state index is -4.53. The summed E-state index contributed by atoms with van der Waals surface area (Å²) in [6.07, 6.45) is -7.27. The van der Waals surface area contributed by atoms with Gasteiger partial charge in [-0.2, -0.15) is 13.2 Å². The lowest BCUT2D eigenvalue weighted by molar-refractivity contribution is -0.136. The fourth-order valence-electron chi connectivity index (χ4n) is 3.12. The van der Waals surface area contributed by atoms with Crippen molar-refractivity contribution in [3.8, 4) is 5.06 Å². The molecule has 0 spiro atoms. The molecule has 7 nitrogen and oxygen atoms in total. The van der Waals surface area contributed by atoms with Crippen LogP contribution >= 0.6 is 22.9 Å². The number of rotatable bonds is 6. The molecule has 12 heteroatoms. The standard InChI is InChI=1S/C19H16ClF3N2O5S/c1-10-13-14(26)24(8-6-11-4-2-3-5-12(11)20)17(27)25(9-7-19(21,22)23)15(13)31-16(10)30-18(28)29/h2-5H,6-9H2,1H3,(H,28,29). The number of halogens is 4. The summed E-state index contributed by atoms with van der Waals surface area (Å²) in [5.41, 5.74) is -0.852. The Bertz CT molecular complexity index is 1260. The summed E-state index contributed by atoms with van der Waals surface area (Å²) in [7, 11) is 0. The number of alkyl halides is 3. The number of hydrogen-bond donors (Lipinski definition) is 1. The third-order valence-corrected chi connectivity index (χ3v) is 6.17. The van der Waals surface area contributed by atoms with Crippen LogP contribution < -0.4 is 16.0 Å². The van der Waals surface area contributed by atoms with Crippen molar-refractivity contribution in [2.45, 2.75) is 39.0 Å². The van der Waals surface area contributed by atoms with E-state index in [4.69, 9.17) is 16.7 Å². The quantitative estimate of drug-likeness (QED) is 0.531. The number of ether oxygens (including phenoxy) is 1. The fraction of sp³-hybridized carbons (Fsp3) is 0.316. The molecule has 1 N–H and O–H groups in total. The highest BCUT2D eigenvalue weighted by Crippen LogP contribution is 2.35. The van der Waals surface area contributed by atoms with Gasteiger partial charge < -0.3 is 9.84 Å². The summed E-state index contributed by atoms with van der Waals surface area (Å²) < 4.78 is 44.8. The van der Waals surface area contributed by atoms with Crippen LogP contribution in [0.2, 0.25) is 5.02 Å². The minimum Gasteiger partial charge on any atom is -0.449 e. The molecule has 0 atom stereocenters. The molecule has 0 fully saturated rings. The lowest BCUT2D eigenvalue weighted by atomic mass is 10.1. The molecule has 2 heterocycles. The number of aromatic nitrogens is 2. The predicted molar refractivity (Wildman–Crippen MR) is 110 cm³/mol. The molecule has 3 rings (SSSR count). The number of benzene rings is 1. The van der Waals surface area contributed by atoms with Gasteiger partial charge in [-0.3, -0.25) is 13.9 Å². The van der Waals surface area contributed by atoms with Crippen molar-refractivity contribution >= 4 is 39.3 Å². The van der Waals surface area contributed by atoms with Gasteiger partial charge in [0.15, 0.2) is 5.06 Å². The van der Waals surface area contributed by atoms with Gasteiger partial charge in [0.25, 0.3) is 5.56 Å². The Morgan fingerprint density at radius 2 is 1.87 bits per heavy atom. The monoisotopic (exact) mass is 476 g/mol. The number of hydrogen-bond acceptors (Lipinski definition) is 5. The zero-order valence-corrected chi connectivity index (χ0v) is 17.6. The average Bonchev–Trinajstić information content (AvgIpc) is 2.97. The van der Waals surface area contributed by atoms with Crippen molar-refractivity contribution in [3.05, 3.63) is 61.3 Å². The Morgan fingerprint density at radius 1 is 1.19 bits per heavy atom. The van der Waals surface area contributed by atoms with Crippen LogP contribution in [0.1, 0.15) is 17.5 Å². The highest BCUT2D eigenvalue weighted by molar-refractivity contribution is 7.20. The first-order valence-corrected chi connectivity index (χ1v) is 10.2. The predicted octanol–water partition coefficient (Wildman–Crippen LogP) is 4.44. The van der Waals surface area contributed by atoms with Gasteiger partial charge in [-0.25, -0.2) is 9.59 Å². The molecule has 0 amide bonds. The van der Waals surface area contributed by atoms with Crippen molar-refractivity contribution in [2.75, 3.05) is 0 Å². The van der Waals surface area contributed by atoms with Gasteiger partial charge in [0.2, 0.25) is 0 Å². The Morgan fingerprint density at radius 3 is 2.48 bits per heavy atom. The molecule has 0 aliphatic heterocycles. The molecule has 166 valence electrons. The maximum Gasteiger partial charge on any atom is 0.512 e. The normalized spacial score (nSPS) is 11.8. The molecule has 0 saturated carbocycles. The Kier molecular flexibility index (Phi) is 6.46. The Hall–Kier alpha value is -2.79. The van der Waals surface area contributed by atoms with E-state index in [2.05, 4.69) is 4.74 Å². The topological polar surface area (TPSA) is 90.5 Å². The molecule has 0 unspecified atom stereocenters. The van der Waals surface area contributed by atoms with Gasteiger partial charge in [-0.15, -0.1) is 0 Å². The van der Waals surface area contributed by atoms with E-state index in [1.54, 1.807) is 24.3 Å². The van der Waals surface area contributed by atoms with Gasteiger partial charge in [0.05, 0.1) is 11.8 Å². The molecule has 0 bridgehead atoms. The second kappa shape index (κ2) is 8.75. The summed E-state index contributed by atoms with van der Waals surface area (Å²) in [4.78, 5) is 36.8. The first-order valence-electron chi connectivity index (χ1n) is 8.97. The number of aryl methyl sites for hydroxylation is 3. The van der Waals surface area contributed by atoms with E-state index in [1.807, 2.05) is 0 Å². The third kappa shape index (κ3) is 4.93.